The first-order valence-electron chi connectivity index (χ1n) is 7.02. The number of benzene rings is 1. The van der Waals surface area contributed by atoms with E-state index in [4.69, 9.17) is 11.6 Å². The highest BCUT2D eigenvalue weighted by molar-refractivity contribution is 6.33. The van der Waals surface area contributed by atoms with E-state index in [2.05, 4.69) is 57.9 Å². The van der Waals surface area contributed by atoms with Crippen LogP contribution in [0.15, 0.2) is 23.3 Å². The average molecular weight is 279 g/mol. The van der Waals surface area contributed by atoms with Crippen LogP contribution in [0.2, 0.25) is 5.02 Å². The molecule has 0 aliphatic carbocycles. The van der Waals surface area contributed by atoms with E-state index in [1.165, 1.54) is 11.3 Å². The molecule has 0 amide bonds. The number of hydrogen-bond acceptors (Lipinski definition) is 2. The molecule has 0 saturated heterocycles. The van der Waals surface area contributed by atoms with Crippen LogP contribution in [0.25, 0.3) is 0 Å². The van der Waals surface area contributed by atoms with Crippen LogP contribution >= 0.6 is 11.6 Å². The molecule has 1 heterocycles. The van der Waals surface area contributed by atoms with Gasteiger partial charge in [-0.1, -0.05) is 45.4 Å². The maximum absolute atomic E-state index is 6.42. The van der Waals surface area contributed by atoms with Crippen molar-refractivity contribution in [1.29, 1.82) is 0 Å². The molecule has 0 radical (unpaired) electrons. The lowest BCUT2D eigenvalue weighted by Crippen LogP contribution is -2.23. The predicted octanol–water partition coefficient (Wildman–Crippen LogP) is 4.93. The maximum atomic E-state index is 6.42. The highest BCUT2D eigenvalue weighted by Gasteiger charge is 2.27. The summed E-state index contributed by atoms with van der Waals surface area (Å²) in [4.78, 5) is 0. The van der Waals surface area contributed by atoms with Gasteiger partial charge in [0.15, 0.2) is 0 Å². The summed E-state index contributed by atoms with van der Waals surface area (Å²) < 4.78 is 0. The van der Waals surface area contributed by atoms with Gasteiger partial charge in [0, 0.05) is 18.2 Å². The molecule has 104 valence electrons. The summed E-state index contributed by atoms with van der Waals surface area (Å²) >= 11 is 6.42. The fourth-order valence-electron chi connectivity index (χ4n) is 2.56. The van der Waals surface area contributed by atoms with Crippen molar-refractivity contribution in [3.8, 4) is 0 Å². The summed E-state index contributed by atoms with van der Waals surface area (Å²) in [5.41, 5.74) is 3.50. The molecule has 3 heteroatoms. The Balaban J connectivity index is 2.25. The van der Waals surface area contributed by atoms with Gasteiger partial charge in [0.2, 0.25) is 0 Å². The van der Waals surface area contributed by atoms with Gasteiger partial charge in [-0.3, -0.25) is 5.01 Å². The summed E-state index contributed by atoms with van der Waals surface area (Å²) in [6, 6.07) is 6.31. The van der Waals surface area contributed by atoms with Crippen molar-refractivity contribution in [3.05, 3.63) is 28.8 Å². The third-order valence-corrected chi connectivity index (χ3v) is 4.21. The Hall–Kier alpha value is -1.02. The molecule has 0 saturated carbocycles. The molecule has 1 unspecified atom stereocenters. The molecule has 0 fully saturated rings. The minimum Gasteiger partial charge on any atom is -0.263 e. The van der Waals surface area contributed by atoms with Gasteiger partial charge >= 0.3 is 0 Å². The molecule has 2 rings (SSSR count). The van der Waals surface area contributed by atoms with Crippen LogP contribution in [0.4, 0.5) is 5.69 Å². The topological polar surface area (TPSA) is 15.6 Å². The number of rotatable bonds is 3. The molecule has 1 atom stereocenters. The molecule has 2 nitrogen and oxygen atoms in total. The minimum absolute atomic E-state index is 0.499. The largest absolute Gasteiger partial charge is 0.263 e. The SMILES string of the molecule is CC1=NN(c2ccc(C(C)C)cc2Cl)CC1C(C)C. The summed E-state index contributed by atoms with van der Waals surface area (Å²) in [6.07, 6.45) is 0. The van der Waals surface area contributed by atoms with E-state index in [0.29, 0.717) is 17.8 Å². The third kappa shape index (κ3) is 2.94. The fraction of sp³-hybridized carbons (Fsp3) is 0.562. The van der Waals surface area contributed by atoms with Gasteiger partial charge in [0.1, 0.15) is 0 Å². The predicted molar refractivity (Wildman–Crippen MR) is 84.3 cm³/mol. The Labute approximate surface area is 121 Å². The van der Waals surface area contributed by atoms with E-state index in [0.717, 1.165) is 17.3 Å². The maximum Gasteiger partial charge on any atom is 0.0780 e. The minimum atomic E-state index is 0.499. The molecule has 19 heavy (non-hydrogen) atoms. The molecule has 0 spiro atoms. The molecular formula is C16H23ClN2. The molecule has 1 aliphatic heterocycles. The second-order valence-electron chi connectivity index (χ2n) is 6.04. The highest BCUT2D eigenvalue weighted by Crippen LogP contribution is 2.33. The van der Waals surface area contributed by atoms with Crippen molar-refractivity contribution in [3.63, 3.8) is 0 Å². The Morgan fingerprint density at radius 2 is 1.95 bits per heavy atom. The van der Waals surface area contributed by atoms with Gasteiger partial charge in [-0.25, -0.2) is 0 Å². The zero-order valence-electron chi connectivity index (χ0n) is 12.4. The summed E-state index contributed by atoms with van der Waals surface area (Å²) in [5, 5.41) is 7.51. The van der Waals surface area contributed by atoms with E-state index < -0.39 is 0 Å². The molecule has 0 N–H and O–H groups in total. The summed E-state index contributed by atoms with van der Waals surface area (Å²) in [5.74, 6) is 1.64. The molecule has 1 aromatic carbocycles. The van der Waals surface area contributed by atoms with Crippen LogP contribution in [-0.2, 0) is 0 Å². The monoisotopic (exact) mass is 278 g/mol. The Bertz CT molecular complexity index is 492. The average Bonchev–Trinajstić information content (AvgIpc) is 2.71. The van der Waals surface area contributed by atoms with Crippen molar-refractivity contribution < 1.29 is 0 Å². The van der Waals surface area contributed by atoms with Crippen LogP contribution in [0.1, 0.15) is 46.1 Å². The van der Waals surface area contributed by atoms with Crippen molar-refractivity contribution in [2.45, 2.75) is 40.5 Å². The van der Waals surface area contributed by atoms with E-state index >= 15 is 0 Å². The van der Waals surface area contributed by atoms with Crippen molar-refractivity contribution >= 4 is 23.0 Å². The van der Waals surface area contributed by atoms with E-state index in [1.54, 1.807) is 0 Å². The number of hydrazone groups is 1. The zero-order chi connectivity index (χ0) is 14.2. The molecule has 1 aromatic rings. The molecular weight excluding hydrogens is 256 g/mol. The van der Waals surface area contributed by atoms with Gasteiger partial charge in [-0.2, -0.15) is 5.10 Å². The van der Waals surface area contributed by atoms with Crippen LogP contribution < -0.4 is 5.01 Å². The number of anilines is 1. The number of halogens is 1. The second kappa shape index (κ2) is 5.54. The van der Waals surface area contributed by atoms with Crippen LogP contribution in [-0.4, -0.2) is 12.3 Å². The van der Waals surface area contributed by atoms with Gasteiger partial charge in [-0.15, -0.1) is 0 Å². The van der Waals surface area contributed by atoms with E-state index in [-0.39, 0.29) is 0 Å². The lowest BCUT2D eigenvalue weighted by atomic mass is 9.92. The highest BCUT2D eigenvalue weighted by atomic mass is 35.5. The summed E-state index contributed by atoms with van der Waals surface area (Å²) in [7, 11) is 0. The van der Waals surface area contributed by atoms with Gasteiger partial charge < -0.3 is 0 Å². The smallest absolute Gasteiger partial charge is 0.0780 e. The van der Waals surface area contributed by atoms with Gasteiger partial charge in [0.25, 0.3) is 0 Å². The third-order valence-electron chi connectivity index (χ3n) is 3.91. The molecule has 0 aromatic heterocycles. The summed E-state index contributed by atoms with van der Waals surface area (Å²) in [6.45, 7) is 11.9. The number of nitrogens with zero attached hydrogens (tertiary/aromatic N) is 2. The van der Waals surface area contributed by atoms with Crippen LogP contribution in [0.5, 0.6) is 0 Å². The first-order valence-corrected chi connectivity index (χ1v) is 7.40. The Kier molecular flexibility index (Phi) is 4.19. The lowest BCUT2D eigenvalue weighted by molar-refractivity contribution is 0.511. The first-order chi connectivity index (χ1) is 8.90. The van der Waals surface area contributed by atoms with Gasteiger partial charge in [-0.05, 0) is 36.5 Å². The van der Waals surface area contributed by atoms with Crippen molar-refractivity contribution in [1.82, 2.24) is 0 Å². The van der Waals surface area contributed by atoms with Gasteiger partial charge in [0.05, 0.1) is 10.7 Å². The van der Waals surface area contributed by atoms with Crippen molar-refractivity contribution in [2.24, 2.45) is 16.9 Å². The number of hydrogen-bond donors (Lipinski definition) is 0. The standard InChI is InChI=1S/C16H23ClN2/c1-10(2)13-6-7-16(15(17)8-13)19-9-14(11(3)4)12(5)18-19/h6-8,10-11,14H,9H2,1-5H3. The second-order valence-corrected chi connectivity index (χ2v) is 6.45. The quantitative estimate of drug-likeness (QED) is 0.765. The molecule has 0 bridgehead atoms. The normalized spacial score (nSPS) is 19.5. The Morgan fingerprint density at radius 3 is 2.42 bits per heavy atom. The lowest BCUT2D eigenvalue weighted by Gasteiger charge is -2.20. The van der Waals surface area contributed by atoms with Crippen LogP contribution in [0, 0.1) is 11.8 Å². The van der Waals surface area contributed by atoms with Crippen molar-refractivity contribution in [2.75, 3.05) is 11.6 Å². The Morgan fingerprint density at radius 1 is 1.26 bits per heavy atom. The fourth-order valence-corrected chi connectivity index (χ4v) is 2.85. The van der Waals surface area contributed by atoms with E-state index in [9.17, 15) is 0 Å². The molecule has 1 aliphatic rings. The van der Waals surface area contributed by atoms with E-state index in [1.807, 2.05) is 5.01 Å². The first kappa shape index (κ1) is 14.4. The van der Waals surface area contributed by atoms with Crippen LogP contribution in [0.3, 0.4) is 0 Å². The zero-order valence-corrected chi connectivity index (χ0v) is 13.2.